The molecule has 16 nitrogen and oxygen atoms in total. The monoisotopic (exact) mass is 758 g/mol. The molecule has 0 radical (unpaired) electrons. The lowest BCUT2D eigenvalue weighted by atomic mass is 10.1. The van der Waals surface area contributed by atoms with Gasteiger partial charge in [-0.05, 0) is 42.8 Å². The highest BCUT2D eigenvalue weighted by molar-refractivity contribution is 7.99. The average Bonchev–Trinajstić information content (AvgIpc) is 2.99. The smallest absolute Gasteiger partial charge is 0.297 e. The number of nitrogens with zero attached hydrogens (tertiary/aromatic N) is 5. The maximum Gasteiger partial charge on any atom is 0.297 e. The van der Waals surface area contributed by atoms with Crippen LogP contribution in [0.3, 0.4) is 0 Å². The van der Waals surface area contributed by atoms with Crippen molar-refractivity contribution in [2.24, 2.45) is 10.2 Å². The Morgan fingerprint density at radius 3 is 1.94 bits per heavy atom. The van der Waals surface area contributed by atoms with Crippen molar-refractivity contribution in [1.82, 2.24) is 15.0 Å². The molecule has 4 N–H and O–H groups in total. The second-order valence-electron chi connectivity index (χ2n) is 9.97. The molecule has 258 valence electrons. The van der Waals surface area contributed by atoms with E-state index in [4.69, 9.17) is 13.8 Å². The largest absolute Gasteiger partial charge is 0.494 e. The van der Waals surface area contributed by atoms with E-state index >= 15 is 0 Å². The zero-order valence-electron chi connectivity index (χ0n) is 25.3. The minimum absolute atomic E-state index is 0.0646. The first-order valence-corrected chi connectivity index (χ1v) is 20.4. The highest BCUT2D eigenvalue weighted by Gasteiger charge is 2.20. The normalized spacial score (nSPS) is 12.5. The van der Waals surface area contributed by atoms with Crippen LogP contribution in [0.5, 0.6) is 5.75 Å². The van der Waals surface area contributed by atoms with Crippen molar-refractivity contribution < 1.29 is 43.6 Å². The van der Waals surface area contributed by atoms with Crippen molar-refractivity contribution >= 4 is 87.7 Å². The van der Waals surface area contributed by atoms with E-state index in [0.29, 0.717) is 22.3 Å². The summed E-state index contributed by atoms with van der Waals surface area (Å²) in [4.78, 5) is 12.7. The summed E-state index contributed by atoms with van der Waals surface area (Å²) < 4.78 is 102. The first-order chi connectivity index (χ1) is 22.5. The Balaban J connectivity index is 1.62. The number of azo groups is 1. The van der Waals surface area contributed by atoms with Crippen molar-refractivity contribution in [3.8, 4) is 5.75 Å². The van der Waals surface area contributed by atoms with Gasteiger partial charge in [-0.2, -0.15) is 45.3 Å². The maximum absolute atomic E-state index is 12.3. The molecular formula is C27H30N6O10S5. The highest BCUT2D eigenvalue weighted by atomic mass is 32.2. The zero-order chi connectivity index (χ0) is 35.1. The van der Waals surface area contributed by atoms with Crippen LogP contribution in [0, 0.1) is 6.92 Å². The van der Waals surface area contributed by atoms with Crippen LogP contribution in [0.15, 0.2) is 74.0 Å². The Morgan fingerprint density at radius 2 is 1.38 bits per heavy atom. The first kappa shape index (κ1) is 37.4. The van der Waals surface area contributed by atoms with E-state index in [0.717, 1.165) is 23.5 Å². The highest BCUT2D eigenvalue weighted by Crippen LogP contribution is 2.37. The van der Waals surface area contributed by atoms with E-state index in [1.807, 2.05) is 0 Å². The summed E-state index contributed by atoms with van der Waals surface area (Å²) in [7, 11) is -11.5. The van der Waals surface area contributed by atoms with Crippen molar-refractivity contribution in [1.29, 1.82) is 0 Å². The van der Waals surface area contributed by atoms with Gasteiger partial charge in [-0.15, -0.1) is 5.11 Å². The number of fused-ring (bicyclic) bond motifs is 1. The Bertz CT molecular complexity index is 2110. The molecule has 0 bridgehead atoms. The van der Waals surface area contributed by atoms with Gasteiger partial charge in [0.2, 0.25) is 5.95 Å². The van der Waals surface area contributed by atoms with Gasteiger partial charge in [0.1, 0.15) is 16.3 Å². The number of ether oxygens (including phenoxy) is 1. The Morgan fingerprint density at radius 1 is 0.792 bits per heavy atom. The van der Waals surface area contributed by atoms with Crippen LogP contribution in [-0.2, 0) is 30.4 Å². The van der Waals surface area contributed by atoms with Crippen LogP contribution in [0.2, 0.25) is 0 Å². The molecule has 0 unspecified atom stereocenters. The van der Waals surface area contributed by atoms with Crippen molar-refractivity contribution in [2.45, 2.75) is 35.0 Å². The molecule has 4 rings (SSSR count). The summed E-state index contributed by atoms with van der Waals surface area (Å²) in [6.07, 6.45) is 0.255. The number of aromatic nitrogens is 3. The van der Waals surface area contributed by atoms with E-state index in [1.54, 1.807) is 49.4 Å². The van der Waals surface area contributed by atoms with Crippen molar-refractivity contribution in [3.05, 3.63) is 54.1 Å². The fourth-order valence-electron chi connectivity index (χ4n) is 4.19. The number of hydrogen-bond donors (Lipinski definition) is 4. The molecule has 0 aliphatic rings. The predicted molar refractivity (Wildman–Crippen MR) is 182 cm³/mol. The quantitative estimate of drug-likeness (QED) is 0.0477. The zero-order valence-corrected chi connectivity index (χ0v) is 29.4. The standard InChI is InChI=1S/C27H30N6O10S5/c1-17-15-22(23(43-2)16-21(17)33-32-20-10-9-18-7-3-4-8-19(18)24(20)48(40,41)42)28-25-29-26(44-11-5-13-46(34,35)36)31-27(30-25)45-12-6-14-47(37,38)39/h3-4,7-10,15-16H,5-6,11-14H2,1-2H3,(H,34,35,36)(H,37,38,39)(H,40,41,42)(H,28,29,30,31). The summed E-state index contributed by atoms with van der Waals surface area (Å²) in [5, 5.41) is 12.8. The molecule has 3 aromatic carbocycles. The number of rotatable bonds is 16. The second-order valence-corrected chi connectivity index (χ2v) is 16.6. The molecule has 0 saturated carbocycles. The number of anilines is 2. The topological polar surface area (TPSA) is 248 Å². The molecule has 0 atom stereocenters. The van der Waals surface area contributed by atoms with Gasteiger partial charge < -0.3 is 10.1 Å². The summed E-state index contributed by atoms with van der Waals surface area (Å²) in [5.41, 5.74) is 1.26. The Kier molecular flexibility index (Phi) is 12.3. The third-order valence-corrected chi connectivity index (χ3v) is 10.7. The van der Waals surface area contributed by atoms with Gasteiger partial charge in [0.05, 0.1) is 30.0 Å². The predicted octanol–water partition coefficient (Wildman–Crippen LogP) is 5.49. The molecule has 21 heteroatoms. The van der Waals surface area contributed by atoms with Gasteiger partial charge in [-0.25, -0.2) is 0 Å². The molecule has 0 amide bonds. The SMILES string of the molecule is COc1cc(N=Nc2ccc3ccccc3c2S(=O)(=O)O)c(C)cc1Nc1nc(SCCCS(=O)(=O)O)nc(SCCCS(=O)(=O)O)n1. The van der Waals surface area contributed by atoms with E-state index < -0.39 is 41.9 Å². The number of hydrogen-bond acceptors (Lipinski definition) is 15. The molecule has 0 aliphatic heterocycles. The second kappa shape index (κ2) is 15.8. The minimum atomic E-state index is -4.65. The lowest BCUT2D eigenvalue weighted by Crippen LogP contribution is -2.07. The van der Waals surface area contributed by atoms with E-state index in [2.05, 4.69) is 30.5 Å². The third-order valence-electron chi connectivity index (χ3n) is 6.30. The first-order valence-electron chi connectivity index (χ1n) is 13.8. The molecule has 1 heterocycles. The molecular weight excluding hydrogens is 729 g/mol. The molecule has 48 heavy (non-hydrogen) atoms. The fourth-order valence-corrected chi connectivity index (χ4v) is 8.02. The number of benzene rings is 3. The minimum Gasteiger partial charge on any atom is -0.494 e. The Labute approximate surface area is 285 Å². The van der Waals surface area contributed by atoms with E-state index in [1.165, 1.54) is 13.2 Å². The number of methoxy groups -OCH3 is 1. The molecule has 0 fully saturated rings. The van der Waals surface area contributed by atoms with E-state index in [-0.39, 0.29) is 62.3 Å². The summed E-state index contributed by atoms with van der Waals surface area (Å²) >= 11 is 2.24. The third kappa shape index (κ3) is 11.1. The van der Waals surface area contributed by atoms with Gasteiger partial charge in [0.15, 0.2) is 10.3 Å². The van der Waals surface area contributed by atoms with Crippen LogP contribution in [-0.4, -0.2) is 84.0 Å². The van der Waals surface area contributed by atoms with Gasteiger partial charge in [0, 0.05) is 23.0 Å². The van der Waals surface area contributed by atoms with Gasteiger partial charge in [-0.1, -0.05) is 53.9 Å². The van der Waals surface area contributed by atoms with Crippen molar-refractivity contribution in [3.63, 3.8) is 0 Å². The van der Waals surface area contributed by atoms with Crippen LogP contribution in [0.25, 0.3) is 10.8 Å². The lowest BCUT2D eigenvalue weighted by Gasteiger charge is -2.13. The number of nitrogens with one attached hydrogen (secondary N) is 1. The molecule has 1 aromatic heterocycles. The number of thioether (sulfide) groups is 2. The van der Waals surface area contributed by atoms with Crippen LogP contribution in [0.4, 0.5) is 23.0 Å². The summed E-state index contributed by atoms with van der Waals surface area (Å²) in [6, 6.07) is 13.0. The molecule has 0 aliphatic carbocycles. The number of aryl methyl sites for hydroxylation is 1. The Hall–Kier alpha value is -3.44. The van der Waals surface area contributed by atoms with E-state index in [9.17, 15) is 29.8 Å². The van der Waals surface area contributed by atoms with Crippen LogP contribution in [0.1, 0.15) is 18.4 Å². The molecule has 0 saturated heterocycles. The van der Waals surface area contributed by atoms with Gasteiger partial charge in [0.25, 0.3) is 30.4 Å². The van der Waals surface area contributed by atoms with Crippen LogP contribution < -0.4 is 10.1 Å². The fraction of sp³-hybridized carbons (Fsp3) is 0.296. The summed E-state index contributed by atoms with van der Waals surface area (Å²) in [6.45, 7) is 1.73. The van der Waals surface area contributed by atoms with Crippen molar-refractivity contribution in [2.75, 3.05) is 35.4 Å². The lowest BCUT2D eigenvalue weighted by molar-refractivity contribution is 0.417. The van der Waals surface area contributed by atoms with Crippen LogP contribution >= 0.6 is 23.5 Å². The molecule has 4 aromatic rings. The average molecular weight is 759 g/mol. The van der Waals surface area contributed by atoms with Gasteiger partial charge >= 0.3 is 0 Å². The summed E-state index contributed by atoms with van der Waals surface area (Å²) in [5.74, 6) is 0.00878. The molecule has 0 spiro atoms. The maximum atomic E-state index is 12.3. The van der Waals surface area contributed by atoms with Gasteiger partial charge in [-0.3, -0.25) is 13.7 Å².